The van der Waals surface area contributed by atoms with Gasteiger partial charge in [-0.2, -0.15) is 0 Å². The molecule has 0 amide bonds. The molecule has 0 aliphatic heterocycles. The maximum Gasteiger partial charge on any atom is 0.240 e. The molecule has 0 atom stereocenters. The lowest BCUT2D eigenvalue weighted by Gasteiger charge is -2.10. The summed E-state index contributed by atoms with van der Waals surface area (Å²) in [5.74, 6) is 0.0175. The Hall–Kier alpha value is -1.70. The van der Waals surface area contributed by atoms with Gasteiger partial charge in [0.25, 0.3) is 0 Å². The number of aryl methyl sites for hydroxylation is 1. The fraction of sp³-hybridized carbons (Fsp3) is 0.231. The normalized spacial score (nSPS) is 11.8. The van der Waals surface area contributed by atoms with E-state index < -0.39 is 15.8 Å². The van der Waals surface area contributed by atoms with Crippen molar-refractivity contribution in [3.63, 3.8) is 0 Å². The summed E-state index contributed by atoms with van der Waals surface area (Å²) in [5.41, 5.74) is 5.82. The summed E-state index contributed by atoms with van der Waals surface area (Å²) in [7, 11) is -3.74. The Kier molecular flexibility index (Phi) is 4.22. The molecule has 1 aromatic heterocycles. The third-order valence-corrected chi connectivity index (χ3v) is 4.23. The van der Waals surface area contributed by atoms with E-state index in [9.17, 15) is 12.8 Å². The average molecular weight is 298 g/mol. The van der Waals surface area contributed by atoms with Gasteiger partial charge in [0, 0.05) is 12.1 Å². The standard InChI is InChI=1S/C13H15FN2O3S/c1-9-5-12(6-10(7-15)13(9)14)20(17,18)16-8-11-3-2-4-19-11/h2-6,16H,7-8,15H2,1H3. The fourth-order valence-electron chi connectivity index (χ4n) is 1.77. The summed E-state index contributed by atoms with van der Waals surface area (Å²) in [6.07, 6.45) is 1.46. The molecular weight excluding hydrogens is 283 g/mol. The number of hydrogen-bond donors (Lipinski definition) is 2. The predicted octanol–water partition coefficient (Wildman–Crippen LogP) is 1.66. The van der Waals surface area contributed by atoms with Gasteiger partial charge in [-0.3, -0.25) is 0 Å². The van der Waals surface area contributed by atoms with E-state index in [4.69, 9.17) is 10.2 Å². The second kappa shape index (κ2) is 5.74. The molecule has 20 heavy (non-hydrogen) atoms. The maximum absolute atomic E-state index is 13.7. The molecular formula is C13H15FN2O3S. The van der Waals surface area contributed by atoms with E-state index in [0.717, 1.165) is 0 Å². The summed E-state index contributed by atoms with van der Waals surface area (Å²) >= 11 is 0. The Morgan fingerprint density at radius 2 is 2.15 bits per heavy atom. The molecule has 0 bridgehead atoms. The SMILES string of the molecule is Cc1cc(S(=O)(=O)NCc2ccco2)cc(CN)c1F. The molecule has 0 aliphatic rings. The Morgan fingerprint density at radius 3 is 2.75 bits per heavy atom. The number of furan rings is 1. The van der Waals surface area contributed by atoms with Gasteiger partial charge in [-0.25, -0.2) is 17.5 Å². The number of nitrogens with one attached hydrogen (secondary N) is 1. The zero-order valence-corrected chi connectivity index (χ0v) is 11.7. The van der Waals surface area contributed by atoms with E-state index in [0.29, 0.717) is 5.76 Å². The zero-order valence-electron chi connectivity index (χ0n) is 10.9. The number of benzene rings is 1. The highest BCUT2D eigenvalue weighted by atomic mass is 32.2. The molecule has 7 heteroatoms. The second-order valence-electron chi connectivity index (χ2n) is 4.32. The van der Waals surface area contributed by atoms with Gasteiger partial charge >= 0.3 is 0 Å². The lowest BCUT2D eigenvalue weighted by molar-refractivity contribution is 0.498. The highest BCUT2D eigenvalue weighted by Gasteiger charge is 2.18. The van der Waals surface area contributed by atoms with Crippen LogP contribution in [0.1, 0.15) is 16.9 Å². The monoisotopic (exact) mass is 298 g/mol. The van der Waals surface area contributed by atoms with Crippen LogP contribution in [0.15, 0.2) is 39.8 Å². The van der Waals surface area contributed by atoms with Crippen molar-refractivity contribution >= 4 is 10.0 Å². The smallest absolute Gasteiger partial charge is 0.240 e. The number of rotatable bonds is 5. The molecule has 2 aromatic rings. The van der Waals surface area contributed by atoms with Crippen LogP contribution in [0, 0.1) is 12.7 Å². The van der Waals surface area contributed by atoms with Crippen molar-refractivity contribution in [1.82, 2.24) is 4.72 Å². The zero-order chi connectivity index (χ0) is 14.8. The Morgan fingerprint density at radius 1 is 1.40 bits per heavy atom. The van der Waals surface area contributed by atoms with Crippen molar-refractivity contribution in [2.24, 2.45) is 5.73 Å². The van der Waals surface area contributed by atoms with Crippen molar-refractivity contribution in [3.05, 3.63) is 53.2 Å². The first-order valence-corrected chi connectivity index (χ1v) is 7.43. The number of halogens is 1. The molecule has 0 saturated carbocycles. The van der Waals surface area contributed by atoms with Crippen molar-refractivity contribution < 1.29 is 17.2 Å². The average Bonchev–Trinajstić information content (AvgIpc) is 2.92. The van der Waals surface area contributed by atoms with Gasteiger partial charge in [0.15, 0.2) is 0 Å². The minimum Gasteiger partial charge on any atom is -0.468 e. The molecule has 0 fully saturated rings. The van der Waals surface area contributed by atoms with Crippen molar-refractivity contribution in [1.29, 1.82) is 0 Å². The maximum atomic E-state index is 13.7. The molecule has 0 saturated heterocycles. The Bertz CT molecular complexity index is 697. The van der Waals surface area contributed by atoms with Crippen LogP contribution in [0.5, 0.6) is 0 Å². The van der Waals surface area contributed by atoms with Crippen LogP contribution < -0.4 is 10.5 Å². The molecule has 1 aromatic carbocycles. The highest BCUT2D eigenvalue weighted by molar-refractivity contribution is 7.89. The Balaban J connectivity index is 2.27. The van der Waals surface area contributed by atoms with Gasteiger partial charge in [-0.05, 0) is 36.8 Å². The van der Waals surface area contributed by atoms with E-state index in [-0.39, 0.29) is 29.1 Å². The van der Waals surface area contributed by atoms with Gasteiger partial charge < -0.3 is 10.2 Å². The lowest BCUT2D eigenvalue weighted by atomic mass is 10.1. The molecule has 108 valence electrons. The van der Waals surface area contributed by atoms with E-state index in [1.807, 2.05) is 0 Å². The van der Waals surface area contributed by atoms with E-state index in [1.165, 1.54) is 25.3 Å². The third kappa shape index (κ3) is 3.06. The van der Waals surface area contributed by atoms with Crippen LogP contribution >= 0.6 is 0 Å². The van der Waals surface area contributed by atoms with Crippen molar-refractivity contribution in [2.75, 3.05) is 0 Å². The minimum atomic E-state index is -3.74. The summed E-state index contributed by atoms with van der Waals surface area (Å²) in [6.45, 7) is 1.47. The summed E-state index contributed by atoms with van der Waals surface area (Å²) in [6, 6.07) is 5.84. The largest absolute Gasteiger partial charge is 0.468 e. The number of nitrogens with two attached hydrogens (primary N) is 1. The van der Waals surface area contributed by atoms with Crippen LogP contribution in [0.2, 0.25) is 0 Å². The fourth-order valence-corrected chi connectivity index (χ4v) is 2.90. The Labute approximate surface area is 116 Å². The minimum absolute atomic E-state index is 0.0107. The van der Waals surface area contributed by atoms with Crippen molar-refractivity contribution in [2.45, 2.75) is 24.9 Å². The molecule has 0 spiro atoms. The quantitative estimate of drug-likeness (QED) is 0.879. The van der Waals surface area contributed by atoms with Gasteiger partial charge in [0.05, 0.1) is 17.7 Å². The summed E-state index contributed by atoms with van der Waals surface area (Å²) in [5, 5.41) is 0. The molecule has 2 rings (SSSR count). The number of sulfonamides is 1. The molecule has 0 unspecified atom stereocenters. The van der Waals surface area contributed by atoms with E-state index >= 15 is 0 Å². The van der Waals surface area contributed by atoms with Gasteiger partial charge in [0.2, 0.25) is 10.0 Å². The first kappa shape index (κ1) is 14.7. The lowest BCUT2D eigenvalue weighted by Crippen LogP contribution is -2.23. The van der Waals surface area contributed by atoms with Crippen LogP contribution in [-0.4, -0.2) is 8.42 Å². The van der Waals surface area contributed by atoms with Gasteiger partial charge in [-0.1, -0.05) is 0 Å². The predicted molar refractivity (Wildman–Crippen MR) is 71.8 cm³/mol. The molecule has 0 aliphatic carbocycles. The molecule has 0 radical (unpaired) electrons. The topological polar surface area (TPSA) is 85.3 Å². The van der Waals surface area contributed by atoms with Crippen molar-refractivity contribution in [3.8, 4) is 0 Å². The third-order valence-electron chi connectivity index (χ3n) is 2.85. The van der Waals surface area contributed by atoms with Gasteiger partial charge in [-0.15, -0.1) is 0 Å². The van der Waals surface area contributed by atoms with Crippen LogP contribution in [0.3, 0.4) is 0 Å². The van der Waals surface area contributed by atoms with E-state index in [1.54, 1.807) is 12.1 Å². The van der Waals surface area contributed by atoms with E-state index in [2.05, 4.69) is 4.72 Å². The molecule has 1 heterocycles. The molecule has 5 nitrogen and oxygen atoms in total. The first-order valence-electron chi connectivity index (χ1n) is 5.95. The van der Waals surface area contributed by atoms with Crippen LogP contribution in [0.25, 0.3) is 0 Å². The number of hydrogen-bond acceptors (Lipinski definition) is 4. The first-order chi connectivity index (χ1) is 9.44. The summed E-state index contributed by atoms with van der Waals surface area (Å²) < 4.78 is 45.4. The van der Waals surface area contributed by atoms with Gasteiger partial charge in [0.1, 0.15) is 11.6 Å². The van der Waals surface area contributed by atoms with Crippen LogP contribution in [-0.2, 0) is 23.1 Å². The van der Waals surface area contributed by atoms with Crippen LogP contribution in [0.4, 0.5) is 4.39 Å². The second-order valence-corrected chi connectivity index (χ2v) is 6.09. The highest BCUT2D eigenvalue weighted by Crippen LogP contribution is 2.19. The molecule has 3 N–H and O–H groups in total. The summed E-state index contributed by atoms with van der Waals surface area (Å²) in [4.78, 5) is -0.0107.